The first-order chi connectivity index (χ1) is 13.7. The highest BCUT2D eigenvalue weighted by molar-refractivity contribution is 5.97. The third-order valence-corrected chi connectivity index (χ3v) is 5.28. The van der Waals surface area contributed by atoms with Crippen molar-refractivity contribution in [2.45, 2.75) is 45.1 Å². The van der Waals surface area contributed by atoms with Crippen molar-refractivity contribution >= 4 is 23.5 Å². The van der Waals surface area contributed by atoms with E-state index < -0.39 is 0 Å². The Balaban J connectivity index is 1.48. The van der Waals surface area contributed by atoms with Crippen molar-refractivity contribution in [3.8, 4) is 0 Å². The SMILES string of the molecule is CCNC(=NCCN1C(=O)CCCC1=O)NC1CCN(c2ccccc2)CC1. The van der Waals surface area contributed by atoms with Crippen molar-refractivity contribution in [2.75, 3.05) is 37.6 Å². The molecule has 3 rings (SSSR count). The second-order valence-corrected chi connectivity index (χ2v) is 7.29. The summed E-state index contributed by atoms with van der Waals surface area (Å²) in [6.45, 7) is 5.62. The summed E-state index contributed by atoms with van der Waals surface area (Å²) in [5.41, 5.74) is 1.28. The molecule has 1 aromatic rings. The number of imide groups is 1. The molecule has 2 saturated heterocycles. The minimum atomic E-state index is -0.0716. The van der Waals surface area contributed by atoms with Crippen LogP contribution in [0.1, 0.15) is 39.0 Å². The van der Waals surface area contributed by atoms with Crippen molar-refractivity contribution in [1.29, 1.82) is 0 Å². The molecule has 0 saturated carbocycles. The van der Waals surface area contributed by atoms with Crippen molar-refractivity contribution in [3.63, 3.8) is 0 Å². The summed E-state index contributed by atoms with van der Waals surface area (Å²) >= 11 is 0. The zero-order chi connectivity index (χ0) is 19.8. The number of nitrogens with zero attached hydrogens (tertiary/aromatic N) is 3. The van der Waals surface area contributed by atoms with Crippen LogP contribution in [0.4, 0.5) is 5.69 Å². The molecule has 2 amide bonds. The first-order valence-corrected chi connectivity index (χ1v) is 10.4. The van der Waals surface area contributed by atoms with Crippen LogP contribution in [0.5, 0.6) is 0 Å². The molecule has 0 aliphatic carbocycles. The van der Waals surface area contributed by atoms with E-state index in [0.29, 0.717) is 38.4 Å². The Morgan fingerprint density at radius 2 is 1.79 bits per heavy atom. The molecule has 2 N–H and O–H groups in total. The number of hydrogen-bond acceptors (Lipinski definition) is 4. The molecular weight excluding hydrogens is 354 g/mol. The highest BCUT2D eigenvalue weighted by Crippen LogP contribution is 2.19. The largest absolute Gasteiger partial charge is 0.371 e. The lowest BCUT2D eigenvalue weighted by molar-refractivity contribution is -0.147. The van der Waals surface area contributed by atoms with Gasteiger partial charge in [0.1, 0.15) is 0 Å². The lowest BCUT2D eigenvalue weighted by Crippen LogP contribution is -2.49. The maximum absolute atomic E-state index is 11.9. The molecule has 0 spiro atoms. The van der Waals surface area contributed by atoms with E-state index in [1.165, 1.54) is 10.6 Å². The van der Waals surface area contributed by atoms with Gasteiger partial charge in [-0.15, -0.1) is 0 Å². The van der Waals surface area contributed by atoms with Crippen molar-refractivity contribution < 1.29 is 9.59 Å². The molecule has 0 radical (unpaired) electrons. The van der Waals surface area contributed by atoms with Crippen LogP contribution in [0.15, 0.2) is 35.3 Å². The van der Waals surface area contributed by atoms with Crippen LogP contribution in [0.2, 0.25) is 0 Å². The van der Waals surface area contributed by atoms with Gasteiger partial charge in [-0.2, -0.15) is 0 Å². The van der Waals surface area contributed by atoms with Crippen LogP contribution in [-0.4, -0.2) is 61.4 Å². The van der Waals surface area contributed by atoms with E-state index in [0.717, 1.165) is 38.4 Å². The van der Waals surface area contributed by atoms with Gasteiger partial charge >= 0.3 is 0 Å². The highest BCUT2D eigenvalue weighted by atomic mass is 16.2. The van der Waals surface area contributed by atoms with Crippen LogP contribution in [0, 0.1) is 0 Å². The number of carbonyl (C=O) groups excluding carboxylic acids is 2. The summed E-state index contributed by atoms with van der Waals surface area (Å²) < 4.78 is 0. The molecule has 2 aliphatic heterocycles. The molecule has 2 aliphatic rings. The fourth-order valence-electron chi connectivity index (χ4n) is 3.75. The number of benzene rings is 1. The van der Waals surface area contributed by atoms with Gasteiger partial charge in [0, 0.05) is 50.7 Å². The number of guanidine groups is 1. The molecule has 0 unspecified atom stereocenters. The molecular formula is C21H31N5O2. The normalized spacial score (nSPS) is 19.1. The Morgan fingerprint density at radius 1 is 1.11 bits per heavy atom. The number of likely N-dealkylation sites (tertiary alicyclic amines) is 1. The van der Waals surface area contributed by atoms with E-state index in [1.807, 2.05) is 13.0 Å². The molecule has 0 aromatic heterocycles. The fourth-order valence-corrected chi connectivity index (χ4v) is 3.75. The maximum atomic E-state index is 11.9. The van der Waals surface area contributed by atoms with Crippen LogP contribution in [0.3, 0.4) is 0 Å². The Bertz CT molecular complexity index is 667. The van der Waals surface area contributed by atoms with Crippen LogP contribution in [0.25, 0.3) is 0 Å². The zero-order valence-electron chi connectivity index (χ0n) is 16.7. The van der Waals surface area contributed by atoms with Gasteiger partial charge in [-0.25, -0.2) is 0 Å². The number of anilines is 1. The summed E-state index contributed by atoms with van der Waals surface area (Å²) in [6, 6.07) is 10.9. The smallest absolute Gasteiger partial charge is 0.229 e. The lowest BCUT2D eigenvalue weighted by atomic mass is 10.0. The van der Waals surface area contributed by atoms with Gasteiger partial charge in [-0.3, -0.25) is 19.5 Å². The third-order valence-electron chi connectivity index (χ3n) is 5.28. The average molecular weight is 386 g/mol. The monoisotopic (exact) mass is 385 g/mol. The molecule has 28 heavy (non-hydrogen) atoms. The van der Waals surface area contributed by atoms with Gasteiger partial charge in [0.15, 0.2) is 5.96 Å². The summed E-state index contributed by atoms with van der Waals surface area (Å²) in [4.78, 5) is 32.1. The van der Waals surface area contributed by atoms with E-state index in [-0.39, 0.29) is 11.8 Å². The quantitative estimate of drug-likeness (QED) is 0.443. The lowest BCUT2D eigenvalue weighted by Gasteiger charge is -2.34. The van der Waals surface area contributed by atoms with Crippen molar-refractivity contribution in [2.24, 2.45) is 4.99 Å². The first-order valence-electron chi connectivity index (χ1n) is 10.4. The van der Waals surface area contributed by atoms with Gasteiger partial charge < -0.3 is 15.5 Å². The highest BCUT2D eigenvalue weighted by Gasteiger charge is 2.25. The Morgan fingerprint density at radius 3 is 2.43 bits per heavy atom. The fraction of sp³-hybridized carbons (Fsp3) is 0.571. The zero-order valence-corrected chi connectivity index (χ0v) is 16.7. The number of nitrogens with one attached hydrogen (secondary N) is 2. The number of piperidine rings is 2. The Labute approximate surface area is 167 Å². The number of rotatable bonds is 6. The number of para-hydroxylation sites is 1. The van der Waals surface area contributed by atoms with Gasteiger partial charge in [0.25, 0.3) is 0 Å². The second kappa shape index (κ2) is 10.1. The predicted molar refractivity (Wildman–Crippen MR) is 111 cm³/mol. The average Bonchev–Trinajstić information content (AvgIpc) is 2.71. The molecule has 0 atom stereocenters. The van der Waals surface area contributed by atoms with Gasteiger partial charge in [0.2, 0.25) is 11.8 Å². The molecule has 152 valence electrons. The Hall–Kier alpha value is -2.57. The molecule has 0 bridgehead atoms. The molecule has 7 heteroatoms. The number of carbonyl (C=O) groups is 2. The number of hydrogen-bond donors (Lipinski definition) is 2. The maximum Gasteiger partial charge on any atom is 0.229 e. The Kier molecular flexibility index (Phi) is 7.28. The van der Waals surface area contributed by atoms with Gasteiger partial charge in [-0.05, 0) is 38.3 Å². The van der Waals surface area contributed by atoms with E-state index in [1.54, 1.807) is 0 Å². The number of amides is 2. The van der Waals surface area contributed by atoms with E-state index in [4.69, 9.17) is 0 Å². The predicted octanol–water partition coefficient (Wildman–Crippen LogP) is 1.75. The van der Waals surface area contributed by atoms with Crippen molar-refractivity contribution in [1.82, 2.24) is 15.5 Å². The standard InChI is InChI=1S/C21H31N5O2/c1-2-22-21(23-13-16-26-19(27)9-6-10-20(26)28)24-17-11-14-25(15-12-17)18-7-4-3-5-8-18/h3-5,7-8,17H,2,6,9-16H2,1H3,(H2,22,23,24). The van der Waals surface area contributed by atoms with Crippen LogP contribution < -0.4 is 15.5 Å². The molecule has 1 aromatic carbocycles. The van der Waals surface area contributed by atoms with E-state index in [2.05, 4.69) is 44.8 Å². The van der Waals surface area contributed by atoms with Crippen LogP contribution >= 0.6 is 0 Å². The van der Waals surface area contributed by atoms with Crippen LogP contribution in [-0.2, 0) is 9.59 Å². The van der Waals surface area contributed by atoms with Gasteiger partial charge in [0.05, 0.1) is 6.54 Å². The third kappa shape index (κ3) is 5.47. The van der Waals surface area contributed by atoms with E-state index in [9.17, 15) is 9.59 Å². The minimum absolute atomic E-state index is 0.0716. The summed E-state index contributed by atoms with van der Waals surface area (Å²) in [6.07, 6.45) is 3.69. The second-order valence-electron chi connectivity index (χ2n) is 7.29. The van der Waals surface area contributed by atoms with E-state index >= 15 is 0 Å². The van der Waals surface area contributed by atoms with Crippen molar-refractivity contribution in [3.05, 3.63) is 30.3 Å². The molecule has 2 fully saturated rings. The molecule has 2 heterocycles. The van der Waals surface area contributed by atoms with Gasteiger partial charge in [-0.1, -0.05) is 18.2 Å². The first kappa shape index (κ1) is 20.2. The number of aliphatic imine (C=N–C) groups is 1. The summed E-state index contributed by atoms with van der Waals surface area (Å²) in [7, 11) is 0. The molecule has 7 nitrogen and oxygen atoms in total. The minimum Gasteiger partial charge on any atom is -0.371 e. The topological polar surface area (TPSA) is 77.0 Å². The summed E-state index contributed by atoms with van der Waals surface area (Å²) in [5.74, 6) is 0.618. The summed E-state index contributed by atoms with van der Waals surface area (Å²) in [5, 5.41) is 6.78.